The van der Waals surface area contributed by atoms with Gasteiger partial charge in [0.15, 0.2) is 0 Å². The van der Waals surface area contributed by atoms with E-state index in [2.05, 4.69) is 26.0 Å². The van der Waals surface area contributed by atoms with E-state index in [9.17, 15) is 17.6 Å². The number of nitrogens with one attached hydrogen (secondary N) is 2. The highest BCUT2D eigenvalue weighted by Crippen LogP contribution is 2.29. The summed E-state index contributed by atoms with van der Waals surface area (Å²) < 4.78 is 42.6. The Hall–Kier alpha value is -1.52. The molecule has 2 N–H and O–H groups in total. The van der Waals surface area contributed by atoms with E-state index in [1.165, 1.54) is 19.2 Å². The van der Waals surface area contributed by atoms with Gasteiger partial charge in [-0.3, -0.25) is 4.79 Å². The molecule has 10 heteroatoms. The molecule has 2 aromatic rings. The van der Waals surface area contributed by atoms with Gasteiger partial charge < -0.3 is 5.32 Å². The topological polar surface area (TPSA) is 78.5 Å². The molecule has 1 aliphatic rings. The van der Waals surface area contributed by atoms with Crippen molar-refractivity contribution in [1.29, 1.82) is 0 Å². The van der Waals surface area contributed by atoms with E-state index in [4.69, 9.17) is 11.6 Å². The monoisotopic (exact) mass is 475 g/mol. The number of benzene rings is 2. The van der Waals surface area contributed by atoms with Crippen LogP contribution in [0.25, 0.3) is 0 Å². The summed E-state index contributed by atoms with van der Waals surface area (Å²) in [4.78, 5) is 12.7. The number of carbonyl (C=O) groups is 1. The van der Waals surface area contributed by atoms with Crippen molar-refractivity contribution >= 4 is 49.3 Å². The summed E-state index contributed by atoms with van der Waals surface area (Å²) in [6.45, 7) is 0. The minimum absolute atomic E-state index is 0.133. The fourth-order valence-corrected chi connectivity index (χ4v) is 4.54. The summed E-state index contributed by atoms with van der Waals surface area (Å²) in [5, 5.41) is 2.47. The Kier molecular flexibility index (Phi) is 5.87. The molecule has 0 aromatic heterocycles. The number of carbonyl (C=O) groups excluding carboxylic acids is 1. The quantitative estimate of drug-likeness (QED) is 0.712. The molecule has 0 spiro atoms. The van der Waals surface area contributed by atoms with Gasteiger partial charge in [0.05, 0.1) is 5.02 Å². The summed E-state index contributed by atoms with van der Waals surface area (Å²) in [5.41, 5.74) is 1.04. The second kappa shape index (κ2) is 7.84. The number of amides is 1. The van der Waals surface area contributed by atoms with Crippen LogP contribution in [0.5, 0.6) is 0 Å². The zero-order valence-electron chi connectivity index (χ0n) is 14.1. The van der Waals surface area contributed by atoms with Crippen molar-refractivity contribution in [3.05, 3.63) is 63.3 Å². The number of halogens is 3. The molecule has 0 unspecified atom stereocenters. The lowest BCUT2D eigenvalue weighted by Gasteiger charge is -2.36. The van der Waals surface area contributed by atoms with E-state index >= 15 is 0 Å². The summed E-state index contributed by atoms with van der Waals surface area (Å²) in [5.74, 6) is -1.13. The summed E-state index contributed by atoms with van der Waals surface area (Å²) >= 11 is 9.06. The van der Waals surface area contributed by atoms with Crippen molar-refractivity contribution < 1.29 is 17.6 Å². The van der Waals surface area contributed by atoms with Crippen molar-refractivity contribution in [3.8, 4) is 0 Å². The van der Waals surface area contributed by atoms with Crippen LogP contribution in [0.4, 0.5) is 10.1 Å². The molecule has 1 aliphatic heterocycles. The predicted molar refractivity (Wildman–Crippen MR) is 105 cm³/mol. The lowest BCUT2D eigenvalue weighted by Crippen LogP contribution is -2.55. The Labute approximate surface area is 170 Å². The van der Waals surface area contributed by atoms with Crippen molar-refractivity contribution in [3.63, 3.8) is 0 Å². The number of likely N-dealkylation sites (N-methyl/N-ethyl adjacent to an activating group) is 1. The Morgan fingerprint density at radius 2 is 1.96 bits per heavy atom. The first-order chi connectivity index (χ1) is 12.7. The minimum atomic E-state index is -3.85. The number of nitrogens with zero attached hydrogens (tertiary/aromatic N) is 1. The van der Waals surface area contributed by atoms with Gasteiger partial charge in [-0.2, -0.15) is 17.4 Å². The molecule has 2 atom stereocenters. The highest BCUT2D eigenvalue weighted by Gasteiger charge is 2.40. The Morgan fingerprint density at radius 1 is 1.30 bits per heavy atom. The van der Waals surface area contributed by atoms with Crippen molar-refractivity contribution in [2.75, 3.05) is 12.4 Å². The Balaban J connectivity index is 1.84. The highest BCUT2D eigenvalue weighted by molar-refractivity contribution is 9.10. The van der Waals surface area contributed by atoms with Crippen LogP contribution in [0, 0.1) is 5.82 Å². The average molecular weight is 477 g/mol. The van der Waals surface area contributed by atoms with Gasteiger partial charge in [0, 0.05) is 23.2 Å². The van der Waals surface area contributed by atoms with E-state index in [0.717, 1.165) is 20.4 Å². The van der Waals surface area contributed by atoms with Crippen LogP contribution < -0.4 is 10.0 Å². The molecule has 0 bridgehead atoms. The van der Waals surface area contributed by atoms with Gasteiger partial charge in [0.25, 0.3) is 10.2 Å². The molecule has 1 heterocycles. The number of hydrogen-bond donors (Lipinski definition) is 2. The van der Waals surface area contributed by atoms with Crippen LogP contribution >= 0.6 is 27.5 Å². The zero-order valence-corrected chi connectivity index (χ0v) is 17.3. The fraction of sp³-hybridized carbons (Fsp3) is 0.235. The van der Waals surface area contributed by atoms with Crippen molar-refractivity contribution in [2.45, 2.75) is 18.5 Å². The lowest BCUT2D eigenvalue weighted by molar-refractivity contribution is -0.120. The molecule has 3 rings (SSSR count). The number of rotatable bonds is 3. The van der Waals surface area contributed by atoms with Gasteiger partial charge in [-0.1, -0.05) is 39.7 Å². The second-order valence-electron chi connectivity index (χ2n) is 6.11. The minimum Gasteiger partial charge on any atom is -0.325 e. The van der Waals surface area contributed by atoms with Crippen LogP contribution in [0.1, 0.15) is 18.0 Å². The first-order valence-electron chi connectivity index (χ1n) is 7.94. The van der Waals surface area contributed by atoms with Crippen LogP contribution in [-0.4, -0.2) is 31.7 Å². The molecule has 1 fully saturated rings. The van der Waals surface area contributed by atoms with Crippen LogP contribution in [0.15, 0.2) is 46.9 Å². The largest absolute Gasteiger partial charge is 0.325 e. The van der Waals surface area contributed by atoms with Gasteiger partial charge in [0.1, 0.15) is 11.9 Å². The molecule has 144 valence electrons. The van der Waals surface area contributed by atoms with E-state index in [1.807, 2.05) is 0 Å². The number of hydrogen-bond acceptors (Lipinski definition) is 3. The SMILES string of the molecule is CN1[C@H](C(=O)Nc2ccc(F)c(Cl)c2)C[C@H](c2ccc(Br)cc2)NS1(=O)=O. The van der Waals surface area contributed by atoms with Gasteiger partial charge >= 0.3 is 0 Å². The molecule has 0 radical (unpaired) electrons. The first kappa shape index (κ1) is 20.2. The third-order valence-corrected chi connectivity index (χ3v) is 6.74. The third kappa shape index (κ3) is 4.49. The molecule has 6 nitrogen and oxygen atoms in total. The normalized spacial score (nSPS) is 22.4. The van der Waals surface area contributed by atoms with E-state index in [-0.39, 0.29) is 17.1 Å². The standard InChI is InChI=1S/C17H16BrClFN3O3S/c1-23-16(17(24)21-12-6-7-14(20)13(19)8-12)9-15(22-27(23,25)26)10-2-4-11(18)5-3-10/h2-8,15-16,22H,9H2,1H3,(H,21,24)/t15-,16+/m1/s1. The fourth-order valence-electron chi connectivity index (χ4n) is 2.82. The average Bonchev–Trinajstić information content (AvgIpc) is 2.61. The second-order valence-corrected chi connectivity index (χ2v) is 9.20. The van der Waals surface area contributed by atoms with Crippen LogP contribution in [0.2, 0.25) is 5.02 Å². The molecule has 27 heavy (non-hydrogen) atoms. The molecule has 1 amide bonds. The third-order valence-electron chi connectivity index (χ3n) is 4.33. The number of anilines is 1. The smallest absolute Gasteiger partial charge is 0.280 e. The van der Waals surface area contributed by atoms with Gasteiger partial charge in [-0.05, 0) is 42.3 Å². The van der Waals surface area contributed by atoms with Crippen molar-refractivity contribution in [2.24, 2.45) is 0 Å². The first-order valence-corrected chi connectivity index (χ1v) is 10.5. The van der Waals surface area contributed by atoms with Gasteiger partial charge in [-0.25, -0.2) is 4.39 Å². The van der Waals surface area contributed by atoms with Crippen LogP contribution in [0.3, 0.4) is 0 Å². The maximum absolute atomic E-state index is 13.3. The molecule has 0 saturated carbocycles. The molecule has 1 saturated heterocycles. The highest BCUT2D eigenvalue weighted by atomic mass is 79.9. The van der Waals surface area contributed by atoms with Crippen LogP contribution in [-0.2, 0) is 15.0 Å². The van der Waals surface area contributed by atoms with E-state index in [0.29, 0.717) is 0 Å². The van der Waals surface area contributed by atoms with E-state index < -0.39 is 34.0 Å². The maximum Gasteiger partial charge on any atom is 0.280 e. The molecule has 2 aromatic carbocycles. The molecule has 0 aliphatic carbocycles. The summed E-state index contributed by atoms with van der Waals surface area (Å²) in [6, 6.07) is 9.47. The van der Waals surface area contributed by atoms with Gasteiger partial charge in [0.2, 0.25) is 5.91 Å². The zero-order chi connectivity index (χ0) is 19.8. The summed E-state index contributed by atoms with van der Waals surface area (Å²) in [6.07, 6.45) is 0.234. The van der Waals surface area contributed by atoms with E-state index in [1.54, 1.807) is 24.3 Å². The molecular formula is C17H16BrClFN3O3S. The predicted octanol–water partition coefficient (Wildman–Crippen LogP) is 3.46. The Morgan fingerprint density at radius 3 is 2.59 bits per heavy atom. The Bertz CT molecular complexity index is 972. The van der Waals surface area contributed by atoms with Gasteiger partial charge in [-0.15, -0.1) is 0 Å². The lowest BCUT2D eigenvalue weighted by atomic mass is 9.99. The van der Waals surface area contributed by atoms with Crippen molar-refractivity contribution in [1.82, 2.24) is 9.03 Å². The maximum atomic E-state index is 13.3. The summed E-state index contributed by atoms with van der Waals surface area (Å²) in [7, 11) is -2.51. The molecular weight excluding hydrogens is 461 g/mol.